The first-order valence-electron chi connectivity index (χ1n) is 11.3. The standard InChI is InChI=1S/C25H25N7O/c33-16-17-7-10-31(11-8-17)21-5-3-20(4-6-21)28-24-25-26-9-12-32(25)15-23(29-24)18-1-2-19-14-27-30-22(19)13-18/h1-6,9,12-15,17,33H,7-8,10-11,16H2,(H,27,30)(H,28,29). The maximum Gasteiger partial charge on any atom is 0.180 e. The third-order valence-corrected chi connectivity index (χ3v) is 6.48. The molecule has 0 atom stereocenters. The number of imidazole rings is 1. The molecule has 0 bridgehead atoms. The molecule has 0 unspecified atom stereocenters. The normalized spacial score (nSPS) is 14.9. The van der Waals surface area contributed by atoms with E-state index in [-0.39, 0.29) is 0 Å². The number of nitrogens with one attached hydrogen (secondary N) is 2. The number of nitrogens with zero attached hydrogens (tertiary/aromatic N) is 5. The lowest BCUT2D eigenvalue weighted by Gasteiger charge is -2.33. The van der Waals surface area contributed by atoms with Crippen LogP contribution in [0.15, 0.2) is 67.3 Å². The van der Waals surface area contributed by atoms with Crippen LogP contribution in [0.25, 0.3) is 27.8 Å². The summed E-state index contributed by atoms with van der Waals surface area (Å²) in [5.41, 5.74) is 5.78. The van der Waals surface area contributed by atoms with Gasteiger partial charge in [0.1, 0.15) is 0 Å². The van der Waals surface area contributed by atoms with Crippen LogP contribution in [0.2, 0.25) is 0 Å². The quantitative estimate of drug-likeness (QED) is 0.380. The third-order valence-electron chi connectivity index (χ3n) is 6.48. The van der Waals surface area contributed by atoms with Gasteiger partial charge in [0, 0.05) is 60.6 Å². The van der Waals surface area contributed by atoms with Crippen LogP contribution in [0.3, 0.4) is 0 Å². The fourth-order valence-electron chi connectivity index (χ4n) is 4.52. The molecule has 0 amide bonds. The molecule has 6 rings (SSSR count). The average molecular weight is 440 g/mol. The predicted molar refractivity (Wildman–Crippen MR) is 130 cm³/mol. The van der Waals surface area contributed by atoms with Gasteiger partial charge < -0.3 is 19.7 Å². The largest absolute Gasteiger partial charge is 0.396 e. The summed E-state index contributed by atoms with van der Waals surface area (Å²) < 4.78 is 1.99. The lowest BCUT2D eigenvalue weighted by Crippen LogP contribution is -2.34. The van der Waals surface area contributed by atoms with Crippen molar-refractivity contribution in [3.63, 3.8) is 0 Å². The molecule has 166 valence electrons. The summed E-state index contributed by atoms with van der Waals surface area (Å²) in [4.78, 5) is 11.8. The van der Waals surface area contributed by atoms with Gasteiger partial charge in [0.2, 0.25) is 0 Å². The van der Waals surface area contributed by atoms with Crippen LogP contribution in [0.5, 0.6) is 0 Å². The second-order valence-electron chi connectivity index (χ2n) is 8.59. The van der Waals surface area contributed by atoms with E-state index < -0.39 is 0 Å². The Morgan fingerprint density at radius 2 is 1.94 bits per heavy atom. The third kappa shape index (κ3) is 3.78. The number of anilines is 3. The predicted octanol–water partition coefficient (Wildman–Crippen LogP) is 4.22. The van der Waals surface area contributed by atoms with E-state index in [4.69, 9.17) is 4.98 Å². The minimum absolute atomic E-state index is 0.292. The zero-order valence-corrected chi connectivity index (χ0v) is 18.1. The lowest BCUT2D eigenvalue weighted by atomic mass is 9.97. The number of aromatic nitrogens is 5. The maximum absolute atomic E-state index is 9.37. The van der Waals surface area contributed by atoms with Gasteiger partial charge in [-0.05, 0) is 49.1 Å². The van der Waals surface area contributed by atoms with Crippen LogP contribution in [0.1, 0.15) is 12.8 Å². The van der Waals surface area contributed by atoms with Crippen molar-refractivity contribution in [3.8, 4) is 11.3 Å². The lowest BCUT2D eigenvalue weighted by molar-refractivity contribution is 0.203. The SMILES string of the molecule is OCC1CCN(c2ccc(Nc3nc(-c4ccc5cn[nH]c5c4)cn4ccnc34)cc2)CC1. The number of rotatable bonds is 5. The first kappa shape index (κ1) is 19.8. The highest BCUT2D eigenvalue weighted by Crippen LogP contribution is 2.28. The van der Waals surface area contributed by atoms with Crippen LogP contribution in [-0.2, 0) is 0 Å². The van der Waals surface area contributed by atoms with E-state index in [0.717, 1.165) is 59.4 Å². The van der Waals surface area contributed by atoms with Gasteiger partial charge in [-0.15, -0.1) is 0 Å². The smallest absolute Gasteiger partial charge is 0.180 e. The minimum Gasteiger partial charge on any atom is -0.396 e. The van der Waals surface area contributed by atoms with Crippen LogP contribution in [0.4, 0.5) is 17.2 Å². The fourth-order valence-corrected chi connectivity index (χ4v) is 4.52. The average Bonchev–Trinajstić information content (AvgIpc) is 3.53. The molecule has 0 radical (unpaired) electrons. The van der Waals surface area contributed by atoms with E-state index in [0.29, 0.717) is 18.3 Å². The van der Waals surface area contributed by atoms with Gasteiger partial charge in [-0.2, -0.15) is 5.10 Å². The van der Waals surface area contributed by atoms with Gasteiger partial charge in [-0.1, -0.05) is 12.1 Å². The van der Waals surface area contributed by atoms with Crippen molar-refractivity contribution in [1.82, 2.24) is 24.6 Å². The Hall–Kier alpha value is -3.91. The Morgan fingerprint density at radius 1 is 1.09 bits per heavy atom. The van der Waals surface area contributed by atoms with Crippen molar-refractivity contribution in [2.45, 2.75) is 12.8 Å². The van der Waals surface area contributed by atoms with E-state index in [2.05, 4.69) is 61.8 Å². The van der Waals surface area contributed by atoms with Crippen molar-refractivity contribution < 1.29 is 5.11 Å². The number of aromatic amines is 1. The summed E-state index contributed by atoms with van der Waals surface area (Å²) in [7, 11) is 0. The fraction of sp³-hybridized carbons (Fsp3) is 0.240. The van der Waals surface area contributed by atoms with Crippen molar-refractivity contribution >= 4 is 33.7 Å². The zero-order valence-electron chi connectivity index (χ0n) is 18.1. The van der Waals surface area contributed by atoms with E-state index in [1.165, 1.54) is 5.69 Å². The highest BCUT2D eigenvalue weighted by atomic mass is 16.3. The summed E-state index contributed by atoms with van der Waals surface area (Å²) in [5.74, 6) is 1.14. The number of piperidine rings is 1. The Labute approximate surface area is 190 Å². The molecule has 3 N–H and O–H groups in total. The maximum atomic E-state index is 9.37. The highest BCUT2D eigenvalue weighted by Gasteiger charge is 2.18. The molecule has 8 nitrogen and oxygen atoms in total. The van der Waals surface area contributed by atoms with Gasteiger partial charge in [0.05, 0.1) is 17.4 Å². The Balaban J connectivity index is 1.28. The molecule has 2 aromatic carbocycles. The molecule has 0 saturated carbocycles. The zero-order chi connectivity index (χ0) is 22.2. The summed E-state index contributed by atoms with van der Waals surface area (Å²) in [6.07, 6.45) is 9.59. The number of fused-ring (bicyclic) bond motifs is 2. The number of benzene rings is 2. The van der Waals surface area contributed by atoms with Gasteiger partial charge in [-0.3, -0.25) is 5.10 Å². The van der Waals surface area contributed by atoms with E-state index in [9.17, 15) is 5.11 Å². The van der Waals surface area contributed by atoms with Crippen molar-refractivity contribution in [2.75, 3.05) is 29.9 Å². The molecule has 4 heterocycles. The van der Waals surface area contributed by atoms with E-state index in [1.807, 2.05) is 29.1 Å². The first-order chi connectivity index (χ1) is 16.3. The summed E-state index contributed by atoms with van der Waals surface area (Å²) in [5, 5.41) is 21.0. The molecule has 1 saturated heterocycles. The Bertz CT molecular complexity index is 1400. The van der Waals surface area contributed by atoms with Gasteiger partial charge in [-0.25, -0.2) is 9.97 Å². The van der Waals surface area contributed by atoms with E-state index >= 15 is 0 Å². The van der Waals surface area contributed by atoms with Gasteiger partial charge in [0.15, 0.2) is 11.5 Å². The number of hydrogen-bond donors (Lipinski definition) is 3. The summed E-state index contributed by atoms with van der Waals surface area (Å²) in [6, 6.07) is 14.6. The molecule has 0 spiro atoms. The van der Waals surface area contributed by atoms with Crippen molar-refractivity contribution in [3.05, 3.63) is 67.3 Å². The van der Waals surface area contributed by atoms with Gasteiger partial charge >= 0.3 is 0 Å². The van der Waals surface area contributed by atoms with Crippen LogP contribution in [0, 0.1) is 5.92 Å². The molecule has 1 aliphatic heterocycles. The number of aliphatic hydroxyl groups is 1. The Kier molecular flexibility index (Phi) is 4.92. The first-order valence-corrected chi connectivity index (χ1v) is 11.3. The molecular weight excluding hydrogens is 414 g/mol. The number of hydrogen-bond acceptors (Lipinski definition) is 6. The number of aliphatic hydroxyl groups excluding tert-OH is 1. The highest BCUT2D eigenvalue weighted by molar-refractivity contribution is 5.84. The van der Waals surface area contributed by atoms with Crippen LogP contribution in [-0.4, -0.2) is 49.4 Å². The molecule has 5 aromatic rings. The molecule has 0 aliphatic carbocycles. The van der Waals surface area contributed by atoms with E-state index in [1.54, 1.807) is 6.20 Å². The monoisotopic (exact) mass is 439 g/mol. The summed E-state index contributed by atoms with van der Waals surface area (Å²) in [6.45, 7) is 2.26. The molecule has 1 aliphatic rings. The second kappa shape index (κ2) is 8.22. The Morgan fingerprint density at radius 3 is 2.76 bits per heavy atom. The minimum atomic E-state index is 0.292. The second-order valence-corrected chi connectivity index (χ2v) is 8.59. The van der Waals surface area contributed by atoms with Crippen LogP contribution < -0.4 is 10.2 Å². The van der Waals surface area contributed by atoms with Crippen molar-refractivity contribution in [1.29, 1.82) is 0 Å². The molecule has 33 heavy (non-hydrogen) atoms. The molecule has 1 fully saturated rings. The van der Waals surface area contributed by atoms with Crippen LogP contribution >= 0.6 is 0 Å². The summed E-state index contributed by atoms with van der Waals surface area (Å²) >= 11 is 0. The molecule has 3 aromatic heterocycles. The number of H-pyrrole nitrogens is 1. The topological polar surface area (TPSA) is 94.4 Å². The molecular formula is C25H25N7O. The molecule has 8 heteroatoms. The van der Waals surface area contributed by atoms with Crippen molar-refractivity contribution in [2.24, 2.45) is 5.92 Å². The van der Waals surface area contributed by atoms with Gasteiger partial charge in [0.25, 0.3) is 0 Å².